The summed E-state index contributed by atoms with van der Waals surface area (Å²) in [6.07, 6.45) is 16.2. The molecule has 2 rings (SSSR count). The highest BCUT2D eigenvalue weighted by Crippen LogP contribution is 2.18. The Balaban J connectivity index is 1.59. The zero-order chi connectivity index (χ0) is 25.3. The molecule has 0 aliphatic heterocycles. The zero-order valence-electron chi connectivity index (χ0n) is 20.8. The van der Waals surface area contributed by atoms with E-state index in [1.165, 1.54) is 82.4 Å². The number of benzene rings is 2. The van der Waals surface area contributed by atoms with E-state index in [9.17, 15) is 18.4 Å². The Labute approximate surface area is 208 Å². The van der Waals surface area contributed by atoms with Crippen molar-refractivity contribution in [3.05, 3.63) is 65.2 Å². The van der Waals surface area contributed by atoms with E-state index in [2.05, 4.69) is 6.92 Å². The summed E-state index contributed by atoms with van der Waals surface area (Å²) in [5, 5.41) is 0. The molecule has 0 fully saturated rings. The lowest BCUT2D eigenvalue weighted by atomic mass is 10.0. The number of ether oxygens (including phenoxy) is 2. The Hall–Kier alpha value is -2.76. The van der Waals surface area contributed by atoms with Gasteiger partial charge < -0.3 is 9.47 Å². The van der Waals surface area contributed by atoms with Crippen LogP contribution in [0.5, 0.6) is 5.75 Å². The molecule has 0 saturated carbocycles. The minimum atomic E-state index is -0.849. The van der Waals surface area contributed by atoms with Gasteiger partial charge in [0.05, 0.1) is 17.7 Å². The highest BCUT2D eigenvalue weighted by atomic mass is 19.1. The average molecular weight is 489 g/mol. The van der Waals surface area contributed by atoms with Crippen LogP contribution in [0, 0.1) is 11.6 Å². The van der Waals surface area contributed by atoms with E-state index >= 15 is 0 Å². The molecular weight excluding hydrogens is 450 g/mol. The van der Waals surface area contributed by atoms with Gasteiger partial charge in [-0.15, -0.1) is 0 Å². The molecule has 0 bridgehead atoms. The van der Waals surface area contributed by atoms with Gasteiger partial charge in [-0.3, -0.25) is 0 Å². The number of hydrogen-bond acceptors (Lipinski definition) is 4. The first kappa shape index (κ1) is 28.5. The van der Waals surface area contributed by atoms with E-state index in [0.29, 0.717) is 12.7 Å². The van der Waals surface area contributed by atoms with Crippen LogP contribution < -0.4 is 4.74 Å². The Kier molecular flexibility index (Phi) is 13.7. The zero-order valence-corrected chi connectivity index (χ0v) is 20.8. The molecule has 0 heterocycles. The molecule has 2 aromatic carbocycles. The van der Waals surface area contributed by atoms with Gasteiger partial charge in [0.15, 0.2) is 0 Å². The molecule has 0 aromatic heterocycles. The largest absolute Gasteiger partial charge is 0.462 e. The van der Waals surface area contributed by atoms with E-state index in [4.69, 9.17) is 9.47 Å². The van der Waals surface area contributed by atoms with Crippen LogP contribution in [-0.4, -0.2) is 18.5 Å². The summed E-state index contributed by atoms with van der Waals surface area (Å²) in [7, 11) is 0. The molecule has 0 aliphatic rings. The van der Waals surface area contributed by atoms with Gasteiger partial charge in [-0.2, -0.15) is 0 Å². The van der Waals surface area contributed by atoms with E-state index < -0.39 is 23.6 Å². The van der Waals surface area contributed by atoms with Gasteiger partial charge >= 0.3 is 11.9 Å². The third-order valence-electron chi connectivity index (χ3n) is 5.86. The number of unbranched alkanes of at least 4 members (excludes halogenated alkanes) is 12. The molecule has 35 heavy (non-hydrogen) atoms. The molecule has 0 spiro atoms. The molecule has 0 atom stereocenters. The van der Waals surface area contributed by atoms with E-state index in [1.807, 2.05) is 0 Å². The summed E-state index contributed by atoms with van der Waals surface area (Å²) in [6, 6.07) is 8.40. The number of rotatable bonds is 17. The Bertz CT molecular complexity index is 893. The number of halogens is 2. The predicted molar refractivity (Wildman–Crippen MR) is 134 cm³/mol. The molecule has 6 heteroatoms. The van der Waals surface area contributed by atoms with Crippen LogP contribution in [0.1, 0.15) is 111 Å². The first-order valence-corrected chi connectivity index (χ1v) is 12.9. The lowest BCUT2D eigenvalue weighted by Crippen LogP contribution is -2.11. The van der Waals surface area contributed by atoms with E-state index in [-0.39, 0.29) is 16.9 Å². The van der Waals surface area contributed by atoms with E-state index in [1.54, 1.807) is 6.07 Å². The molecule has 4 nitrogen and oxygen atoms in total. The van der Waals surface area contributed by atoms with Crippen molar-refractivity contribution in [3.63, 3.8) is 0 Å². The smallest absolute Gasteiger partial charge is 0.343 e. The molecule has 0 unspecified atom stereocenters. The highest BCUT2D eigenvalue weighted by molar-refractivity contribution is 5.96. The predicted octanol–water partition coefficient (Wildman–Crippen LogP) is 8.43. The molecule has 0 amide bonds. The summed E-state index contributed by atoms with van der Waals surface area (Å²) < 4.78 is 36.9. The van der Waals surface area contributed by atoms with Gasteiger partial charge in [0, 0.05) is 18.2 Å². The van der Waals surface area contributed by atoms with Crippen LogP contribution in [0.25, 0.3) is 0 Å². The van der Waals surface area contributed by atoms with Crippen LogP contribution in [0.3, 0.4) is 0 Å². The summed E-state index contributed by atoms with van der Waals surface area (Å²) in [4.78, 5) is 24.6. The Morgan fingerprint density at radius 1 is 0.657 bits per heavy atom. The highest BCUT2D eigenvalue weighted by Gasteiger charge is 2.14. The third-order valence-corrected chi connectivity index (χ3v) is 5.86. The fourth-order valence-corrected chi connectivity index (χ4v) is 3.89. The van der Waals surface area contributed by atoms with Crippen molar-refractivity contribution in [1.29, 1.82) is 0 Å². The third kappa shape index (κ3) is 12.0. The molecule has 0 saturated heterocycles. The van der Waals surface area contributed by atoms with E-state index in [0.717, 1.165) is 31.4 Å². The minimum absolute atomic E-state index is 0.0880. The lowest BCUT2D eigenvalue weighted by Gasteiger charge is -2.08. The van der Waals surface area contributed by atoms with Gasteiger partial charge in [0.1, 0.15) is 17.4 Å². The molecular formula is C29H38F2O4. The quantitative estimate of drug-likeness (QED) is 0.127. The van der Waals surface area contributed by atoms with Gasteiger partial charge in [-0.25, -0.2) is 18.4 Å². The lowest BCUT2D eigenvalue weighted by molar-refractivity contribution is 0.0497. The van der Waals surface area contributed by atoms with Crippen molar-refractivity contribution in [2.24, 2.45) is 0 Å². The Morgan fingerprint density at radius 3 is 1.69 bits per heavy atom. The van der Waals surface area contributed by atoms with Crippen molar-refractivity contribution in [1.82, 2.24) is 0 Å². The SMILES string of the molecule is CCCCCCCCCCCCCCCOC(=O)c1cccc(C(=O)Oc2cc(F)cc(F)c2)c1. The van der Waals surface area contributed by atoms with Gasteiger partial charge in [0.25, 0.3) is 0 Å². The number of esters is 2. The molecule has 2 aromatic rings. The van der Waals surface area contributed by atoms with Crippen molar-refractivity contribution >= 4 is 11.9 Å². The van der Waals surface area contributed by atoms with Gasteiger partial charge in [-0.05, 0) is 24.6 Å². The summed E-state index contributed by atoms with van der Waals surface area (Å²) >= 11 is 0. The normalized spacial score (nSPS) is 10.8. The first-order valence-electron chi connectivity index (χ1n) is 12.9. The summed E-state index contributed by atoms with van der Waals surface area (Å²) in [5.41, 5.74) is 0.310. The molecule has 0 N–H and O–H groups in total. The second-order valence-electron chi connectivity index (χ2n) is 8.95. The van der Waals surface area contributed by atoms with Crippen LogP contribution >= 0.6 is 0 Å². The standard InChI is InChI=1S/C29H38F2O4/c1-2-3-4-5-6-7-8-9-10-11-12-13-14-18-34-28(32)23-16-15-17-24(19-23)29(33)35-27-21-25(30)20-26(31)22-27/h15-17,19-22H,2-14,18H2,1H3. The van der Waals surface area contributed by atoms with Gasteiger partial charge in [-0.1, -0.05) is 90.0 Å². The van der Waals surface area contributed by atoms with Crippen LogP contribution in [0.15, 0.2) is 42.5 Å². The second kappa shape index (κ2) is 16.8. The fraction of sp³-hybridized carbons (Fsp3) is 0.517. The summed E-state index contributed by atoms with van der Waals surface area (Å²) in [6.45, 7) is 2.57. The van der Waals surface area contributed by atoms with Crippen molar-refractivity contribution in [3.8, 4) is 5.75 Å². The van der Waals surface area contributed by atoms with Crippen molar-refractivity contribution in [2.75, 3.05) is 6.61 Å². The van der Waals surface area contributed by atoms with Crippen molar-refractivity contribution < 1.29 is 27.8 Å². The maximum Gasteiger partial charge on any atom is 0.343 e. The number of carbonyl (C=O) groups excluding carboxylic acids is 2. The van der Waals surface area contributed by atoms with Crippen molar-refractivity contribution in [2.45, 2.75) is 90.4 Å². The van der Waals surface area contributed by atoms with Crippen LogP contribution in [0.2, 0.25) is 0 Å². The Morgan fingerprint density at radius 2 is 1.14 bits per heavy atom. The first-order chi connectivity index (χ1) is 17.0. The fourth-order valence-electron chi connectivity index (χ4n) is 3.89. The monoisotopic (exact) mass is 488 g/mol. The average Bonchev–Trinajstić information content (AvgIpc) is 2.83. The second-order valence-corrected chi connectivity index (χ2v) is 8.95. The minimum Gasteiger partial charge on any atom is -0.462 e. The maximum atomic E-state index is 13.3. The van der Waals surface area contributed by atoms with Gasteiger partial charge in [0.2, 0.25) is 0 Å². The number of carbonyl (C=O) groups is 2. The van der Waals surface area contributed by atoms with Crippen LogP contribution in [-0.2, 0) is 4.74 Å². The summed E-state index contributed by atoms with van der Waals surface area (Å²) in [5.74, 6) is -3.28. The molecule has 0 radical (unpaired) electrons. The molecule has 0 aliphatic carbocycles. The van der Waals surface area contributed by atoms with Crippen LogP contribution in [0.4, 0.5) is 8.78 Å². The number of hydrogen-bond donors (Lipinski definition) is 0. The molecule has 192 valence electrons. The topological polar surface area (TPSA) is 52.6 Å². The maximum absolute atomic E-state index is 13.3.